The summed E-state index contributed by atoms with van der Waals surface area (Å²) in [5.41, 5.74) is 0.557. The Kier molecular flexibility index (Phi) is 7.52. The van der Waals surface area contributed by atoms with E-state index in [0.717, 1.165) is 6.42 Å². The zero-order valence-electron chi connectivity index (χ0n) is 12.9. The van der Waals surface area contributed by atoms with Crippen LogP contribution >= 0.6 is 0 Å². The number of hydrogen-bond donors (Lipinski definition) is 2. The molecule has 0 saturated carbocycles. The minimum Gasteiger partial charge on any atom is -0.484 e. The Morgan fingerprint density at radius 3 is 2.65 bits per heavy atom. The van der Waals surface area contributed by atoms with E-state index in [2.05, 4.69) is 5.32 Å². The molecule has 1 amide bonds. The van der Waals surface area contributed by atoms with Crippen molar-refractivity contribution in [3.8, 4) is 5.75 Å². The van der Waals surface area contributed by atoms with Gasteiger partial charge in [0.2, 0.25) is 0 Å². The summed E-state index contributed by atoms with van der Waals surface area (Å²) in [7, 11) is 0. The van der Waals surface area contributed by atoms with Gasteiger partial charge in [-0.25, -0.2) is 0 Å². The lowest BCUT2D eigenvalue weighted by Crippen LogP contribution is -2.29. The standard InChI is InChI=1S/C15H20N2O6/c1-11-9-12(17(21)22)6-7-13(11)23-10-14(18)16-8-4-2-3-5-15(19)20/h6-7,9H,2-5,8,10H2,1H3,(H,16,18)(H,19,20). The SMILES string of the molecule is Cc1cc([N+](=O)[O-])ccc1OCC(=O)NCCCCCC(=O)O. The quantitative estimate of drug-likeness (QED) is 0.386. The first-order valence-corrected chi connectivity index (χ1v) is 7.26. The second-order valence-corrected chi connectivity index (χ2v) is 5.05. The van der Waals surface area contributed by atoms with E-state index >= 15 is 0 Å². The number of unbranched alkanes of at least 4 members (excludes halogenated alkanes) is 2. The molecule has 8 nitrogen and oxygen atoms in total. The van der Waals surface area contributed by atoms with E-state index in [-0.39, 0.29) is 24.6 Å². The number of nitrogens with one attached hydrogen (secondary N) is 1. The van der Waals surface area contributed by atoms with Gasteiger partial charge in [0.05, 0.1) is 4.92 Å². The Balaban J connectivity index is 2.26. The lowest BCUT2D eigenvalue weighted by Gasteiger charge is -2.09. The number of carbonyl (C=O) groups is 2. The normalized spacial score (nSPS) is 10.1. The van der Waals surface area contributed by atoms with E-state index < -0.39 is 10.9 Å². The molecular weight excluding hydrogens is 304 g/mol. The van der Waals surface area contributed by atoms with Crippen molar-refractivity contribution in [2.24, 2.45) is 0 Å². The van der Waals surface area contributed by atoms with Crippen LogP contribution in [-0.2, 0) is 9.59 Å². The second kappa shape index (κ2) is 9.39. The van der Waals surface area contributed by atoms with Crippen LogP contribution < -0.4 is 10.1 Å². The number of carboxylic acid groups (broad SMARTS) is 1. The van der Waals surface area contributed by atoms with Crippen LogP contribution in [0.2, 0.25) is 0 Å². The lowest BCUT2D eigenvalue weighted by atomic mass is 10.2. The third kappa shape index (κ3) is 7.25. The molecule has 0 aliphatic heterocycles. The third-order valence-electron chi connectivity index (χ3n) is 3.12. The summed E-state index contributed by atoms with van der Waals surface area (Å²) in [6, 6.07) is 4.17. The van der Waals surface area contributed by atoms with Gasteiger partial charge in [-0.05, 0) is 31.4 Å². The molecule has 2 N–H and O–H groups in total. The topological polar surface area (TPSA) is 119 Å². The maximum Gasteiger partial charge on any atom is 0.303 e. The minimum atomic E-state index is -0.819. The van der Waals surface area contributed by atoms with Crippen LogP contribution in [-0.4, -0.2) is 35.1 Å². The molecule has 1 rings (SSSR count). The van der Waals surface area contributed by atoms with Crippen LogP contribution in [0, 0.1) is 17.0 Å². The monoisotopic (exact) mass is 324 g/mol. The predicted molar refractivity (Wildman–Crippen MR) is 82.4 cm³/mol. The number of carbonyl (C=O) groups excluding carboxylic acids is 1. The predicted octanol–water partition coefficient (Wildman–Crippen LogP) is 2.04. The number of nitrogens with zero attached hydrogens (tertiary/aromatic N) is 1. The number of non-ortho nitro benzene ring substituents is 1. The van der Waals surface area contributed by atoms with Crippen molar-refractivity contribution in [2.75, 3.05) is 13.2 Å². The van der Waals surface area contributed by atoms with E-state index in [1.165, 1.54) is 18.2 Å². The second-order valence-electron chi connectivity index (χ2n) is 5.05. The lowest BCUT2D eigenvalue weighted by molar-refractivity contribution is -0.384. The Labute approximate surface area is 133 Å². The third-order valence-corrected chi connectivity index (χ3v) is 3.12. The molecule has 1 aromatic carbocycles. The van der Waals surface area contributed by atoms with Crippen molar-refractivity contribution in [1.82, 2.24) is 5.32 Å². The van der Waals surface area contributed by atoms with Crippen LogP contribution in [0.15, 0.2) is 18.2 Å². The van der Waals surface area contributed by atoms with E-state index in [9.17, 15) is 19.7 Å². The van der Waals surface area contributed by atoms with Crippen molar-refractivity contribution in [3.05, 3.63) is 33.9 Å². The largest absolute Gasteiger partial charge is 0.484 e. The first-order chi connectivity index (χ1) is 10.9. The maximum absolute atomic E-state index is 11.6. The molecular formula is C15H20N2O6. The van der Waals surface area contributed by atoms with Gasteiger partial charge in [0, 0.05) is 25.1 Å². The molecule has 8 heteroatoms. The van der Waals surface area contributed by atoms with E-state index in [4.69, 9.17) is 9.84 Å². The van der Waals surface area contributed by atoms with Gasteiger partial charge < -0.3 is 15.2 Å². The maximum atomic E-state index is 11.6. The van der Waals surface area contributed by atoms with Crippen molar-refractivity contribution in [3.63, 3.8) is 0 Å². The number of nitro groups is 1. The van der Waals surface area contributed by atoms with E-state index in [0.29, 0.717) is 30.7 Å². The number of aryl methyl sites for hydroxylation is 1. The number of rotatable bonds is 10. The molecule has 0 spiro atoms. The zero-order valence-corrected chi connectivity index (χ0v) is 12.9. The molecule has 0 bridgehead atoms. The molecule has 0 atom stereocenters. The van der Waals surface area contributed by atoms with Crippen LogP contribution in [0.25, 0.3) is 0 Å². The Hall–Kier alpha value is -2.64. The highest BCUT2D eigenvalue weighted by Crippen LogP contribution is 2.22. The Morgan fingerprint density at radius 2 is 2.04 bits per heavy atom. The van der Waals surface area contributed by atoms with Gasteiger partial charge in [-0.3, -0.25) is 19.7 Å². The molecule has 0 heterocycles. The summed E-state index contributed by atoms with van der Waals surface area (Å²) in [6.45, 7) is 1.96. The summed E-state index contributed by atoms with van der Waals surface area (Å²) in [5, 5.41) is 21.8. The molecule has 0 unspecified atom stereocenters. The summed E-state index contributed by atoms with van der Waals surface area (Å²) >= 11 is 0. The molecule has 0 fully saturated rings. The number of nitro benzene ring substituents is 1. The highest BCUT2D eigenvalue weighted by Gasteiger charge is 2.10. The highest BCUT2D eigenvalue weighted by atomic mass is 16.6. The fraction of sp³-hybridized carbons (Fsp3) is 0.467. The molecule has 23 heavy (non-hydrogen) atoms. The molecule has 0 saturated heterocycles. The van der Waals surface area contributed by atoms with Crippen molar-refractivity contribution >= 4 is 17.6 Å². The minimum absolute atomic E-state index is 0.0272. The first kappa shape index (κ1) is 18.4. The van der Waals surface area contributed by atoms with Crippen LogP contribution in [0.5, 0.6) is 5.75 Å². The summed E-state index contributed by atoms with van der Waals surface area (Å²) in [5.74, 6) is -0.686. The van der Waals surface area contributed by atoms with Gasteiger partial charge in [0.1, 0.15) is 5.75 Å². The molecule has 1 aromatic rings. The van der Waals surface area contributed by atoms with E-state index in [1.807, 2.05) is 0 Å². The van der Waals surface area contributed by atoms with Gasteiger partial charge in [0.25, 0.3) is 11.6 Å². The van der Waals surface area contributed by atoms with Crippen LogP contribution in [0.3, 0.4) is 0 Å². The smallest absolute Gasteiger partial charge is 0.303 e. The van der Waals surface area contributed by atoms with Crippen LogP contribution in [0.4, 0.5) is 5.69 Å². The summed E-state index contributed by atoms with van der Waals surface area (Å²) in [4.78, 5) is 32.1. The molecule has 0 aliphatic rings. The van der Waals surface area contributed by atoms with Crippen molar-refractivity contribution in [2.45, 2.75) is 32.6 Å². The van der Waals surface area contributed by atoms with Crippen molar-refractivity contribution < 1.29 is 24.4 Å². The number of ether oxygens (including phenoxy) is 1. The zero-order chi connectivity index (χ0) is 17.2. The average molecular weight is 324 g/mol. The van der Waals surface area contributed by atoms with Gasteiger partial charge in [-0.15, -0.1) is 0 Å². The van der Waals surface area contributed by atoms with Crippen LogP contribution in [0.1, 0.15) is 31.2 Å². The summed E-state index contributed by atoms with van der Waals surface area (Å²) in [6.07, 6.45) is 2.16. The Morgan fingerprint density at radius 1 is 1.30 bits per heavy atom. The number of benzene rings is 1. The first-order valence-electron chi connectivity index (χ1n) is 7.26. The van der Waals surface area contributed by atoms with Gasteiger partial charge in [0.15, 0.2) is 6.61 Å². The highest BCUT2D eigenvalue weighted by molar-refractivity contribution is 5.77. The molecule has 0 aliphatic carbocycles. The molecule has 0 radical (unpaired) electrons. The summed E-state index contributed by atoms with van der Waals surface area (Å²) < 4.78 is 5.33. The number of hydrogen-bond acceptors (Lipinski definition) is 5. The average Bonchev–Trinajstić information content (AvgIpc) is 2.49. The number of carboxylic acids is 1. The van der Waals surface area contributed by atoms with Gasteiger partial charge in [-0.1, -0.05) is 6.42 Å². The number of aliphatic carboxylic acids is 1. The van der Waals surface area contributed by atoms with Gasteiger partial charge >= 0.3 is 5.97 Å². The van der Waals surface area contributed by atoms with Crippen molar-refractivity contribution in [1.29, 1.82) is 0 Å². The Bertz CT molecular complexity index is 573. The fourth-order valence-corrected chi connectivity index (χ4v) is 1.91. The fourth-order valence-electron chi connectivity index (χ4n) is 1.91. The number of amides is 1. The molecule has 0 aromatic heterocycles. The van der Waals surface area contributed by atoms with E-state index in [1.54, 1.807) is 6.92 Å². The van der Waals surface area contributed by atoms with Gasteiger partial charge in [-0.2, -0.15) is 0 Å². The molecule has 126 valence electrons.